The fourth-order valence-electron chi connectivity index (χ4n) is 1.76. The van der Waals surface area contributed by atoms with Crippen molar-refractivity contribution >= 4 is 0 Å². The summed E-state index contributed by atoms with van der Waals surface area (Å²) < 4.78 is 0. The third-order valence-electron chi connectivity index (χ3n) is 2.75. The molecule has 2 nitrogen and oxygen atoms in total. The van der Waals surface area contributed by atoms with Crippen LogP contribution in [0.2, 0.25) is 0 Å². The Morgan fingerprint density at radius 2 is 1.73 bits per heavy atom. The van der Waals surface area contributed by atoms with Gasteiger partial charge in [-0.1, -0.05) is 0 Å². The Bertz CT molecular complexity index is 126. The topological polar surface area (TPSA) is 23.1 Å². The lowest BCUT2D eigenvalue weighted by Crippen LogP contribution is -2.36. The van der Waals surface area contributed by atoms with Crippen molar-refractivity contribution in [1.29, 1.82) is 0 Å². The Morgan fingerprint density at radius 1 is 1.09 bits per heavy atom. The lowest BCUT2D eigenvalue weighted by molar-refractivity contribution is 0.0267. The number of piperidine rings is 1. The average molecular weight is 154 g/mol. The number of nitrogens with zero attached hydrogens (tertiary/aromatic N) is 1. The van der Waals surface area contributed by atoms with Crippen LogP contribution in [0.5, 0.6) is 0 Å². The predicted molar refractivity (Wildman–Crippen MR) is 42.9 cm³/mol. The molecule has 0 N–H and O–H groups in total. The number of hydrogen-bond donors (Lipinski definition) is 0. The molecule has 1 saturated carbocycles. The Labute approximate surface area is 68.2 Å². The highest BCUT2D eigenvalue weighted by molar-refractivity contribution is 4.80. The van der Waals surface area contributed by atoms with Gasteiger partial charge in [-0.05, 0) is 31.6 Å². The summed E-state index contributed by atoms with van der Waals surface area (Å²) in [5, 5.41) is 11.0. The average Bonchev–Trinajstić information content (AvgIpc) is 2.78. The Hall–Kier alpha value is -0.0800. The Morgan fingerprint density at radius 3 is 2.27 bits per heavy atom. The zero-order chi connectivity index (χ0) is 7.68. The summed E-state index contributed by atoms with van der Waals surface area (Å²) in [5.74, 6) is 0.984. The van der Waals surface area contributed by atoms with E-state index in [2.05, 4.69) is 4.90 Å². The van der Waals surface area contributed by atoms with Gasteiger partial charge >= 0.3 is 0 Å². The van der Waals surface area contributed by atoms with Crippen molar-refractivity contribution in [3.05, 3.63) is 0 Å². The molecule has 0 aromatic rings. The molecule has 0 unspecified atom stereocenters. The minimum atomic E-state index is -0.259. The first-order valence-electron chi connectivity index (χ1n) is 4.73. The van der Waals surface area contributed by atoms with E-state index < -0.39 is 0 Å². The standard InChI is InChI=1S/C9H16NO/c11-9-3-5-10(6-4-9)7-8-1-2-8/h8-9H,1-7H2. The van der Waals surface area contributed by atoms with E-state index >= 15 is 0 Å². The third-order valence-corrected chi connectivity index (χ3v) is 2.75. The monoisotopic (exact) mass is 154 g/mol. The van der Waals surface area contributed by atoms with Crippen molar-refractivity contribution in [3.8, 4) is 0 Å². The van der Waals surface area contributed by atoms with Crippen LogP contribution >= 0.6 is 0 Å². The van der Waals surface area contributed by atoms with E-state index in [-0.39, 0.29) is 6.10 Å². The van der Waals surface area contributed by atoms with E-state index in [4.69, 9.17) is 0 Å². The highest BCUT2D eigenvalue weighted by Crippen LogP contribution is 2.30. The highest BCUT2D eigenvalue weighted by Gasteiger charge is 2.26. The van der Waals surface area contributed by atoms with Crippen LogP contribution in [-0.4, -0.2) is 30.6 Å². The lowest BCUT2D eigenvalue weighted by Gasteiger charge is -2.28. The second kappa shape index (κ2) is 3.11. The van der Waals surface area contributed by atoms with E-state index in [9.17, 15) is 5.11 Å². The second-order valence-corrected chi connectivity index (χ2v) is 3.94. The van der Waals surface area contributed by atoms with Crippen molar-refractivity contribution in [3.63, 3.8) is 0 Å². The smallest absolute Gasteiger partial charge is 0.0954 e. The Kier molecular flexibility index (Phi) is 2.14. The van der Waals surface area contributed by atoms with Gasteiger partial charge < -0.3 is 4.90 Å². The summed E-state index contributed by atoms with van der Waals surface area (Å²) in [7, 11) is 0. The SMILES string of the molecule is [O]C1CCN(CC2CC2)CC1. The van der Waals surface area contributed by atoms with Crippen LogP contribution in [0.4, 0.5) is 0 Å². The molecule has 0 spiro atoms. The molecule has 0 aromatic carbocycles. The fraction of sp³-hybridized carbons (Fsp3) is 1.00. The predicted octanol–water partition coefficient (Wildman–Crippen LogP) is 1.29. The van der Waals surface area contributed by atoms with Gasteiger partial charge in [0.05, 0.1) is 6.10 Å². The molecule has 2 aliphatic rings. The maximum absolute atomic E-state index is 11.0. The molecule has 1 aliphatic carbocycles. The van der Waals surface area contributed by atoms with Crippen molar-refractivity contribution in [2.45, 2.75) is 31.8 Å². The van der Waals surface area contributed by atoms with E-state index in [1.165, 1.54) is 19.4 Å². The van der Waals surface area contributed by atoms with Crippen LogP contribution < -0.4 is 0 Å². The van der Waals surface area contributed by atoms with Crippen LogP contribution in [0.25, 0.3) is 0 Å². The van der Waals surface area contributed by atoms with Crippen LogP contribution in [0, 0.1) is 5.92 Å². The number of rotatable bonds is 2. The van der Waals surface area contributed by atoms with Gasteiger partial charge in [-0.25, -0.2) is 5.11 Å². The molecule has 0 atom stereocenters. The summed E-state index contributed by atoms with van der Waals surface area (Å²) in [5.41, 5.74) is 0. The zero-order valence-corrected chi connectivity index (χ0v) is 6.96. The molecule has 0 amide bonds. The van der Waals surface area contributed by atoms with Crippen LogP contribution in [0.1, 0.15) is 25.7 Å². The van der Waals surface area contributed by atoms with E-state index in [0.717, 1.165) is 31.8 Å². The van der Waals surface area contributed by atoms with Crippen molar-refractivity contribution in [2.24, 2.45) is 5.92 Å². The van der Waals surface area contributed by atoms with Gasteiger partial charge in [-0.2, -0.15) is 0 Å². The summed E-state index contributed by atoms with van der Waals surface area (Å²) in [6.07, 6.45) is 4.36. The lowest BCUT2D eigenvalue weighted by atomic mass is 10.1. The molecule has 2 heteroatoms. The molecule has 63 valence electrons. The van der Waals surface area contributed by atoms with E-state index in [1.807, 2.05) is 0 Å². The van der Waals surface area contributed by atoms with Crippen molar-refractivity contribution in [2.75, 3.05) is 19.6 Å². The highest BCUT2D eigenvalue weighted by atomic mass is 16.3. The van der Waals surface area contributed by atoms with E-state index in [0.29, 0.717) is 0 Å². The summed E-state index contributed by atoms with van der Waals surface area (Å²) in [6.45, 7) is 3.39. The fourth-order valence-corrected chi connectivity index (χ4v) is 1.76. The molecule has 1 saturated heterocycles. The molecule has 0 bridgehead atoms. The quantitative estimate of drug-likeness (QED) is 0.588. The molecule has 2 rings (SSSR count). The molecule has 0 aromatic heterocycles. The minimum absolute atomic E-state index is 0.259. The van der Waals surface area contributed by atoms with Gasteiger partial charge in [0.15, 0.2) is 0 Å². The molecule has 1 heterocycles. The first-order chi connectivity index (χ1) is 5.34. The van der Waals surface area contributed by atoms with Gasteiger partial charge in [-0.15, -0.1) is 0 Å². The number of hydrogen-bond acceptors (Lipinski definition) is 1. The normalized spacial score (nSPS) is 29.2. The molecule has 1 aliphatic heterocycles. The van der Waals surface area contributed by atoms with Crippen LogP contribution in [0.3, 0.4) is 0 Å². The summed E-state index contributed by atoms with van der Waals surface area (Å²) in [4.78, 5) is 2.46. The summed E-state index contributed by atoms with van der Waals surface area (Å²) >= 11 is 0. The van der Waals surface area contributed by atoms with Crippen molar-refractivity contribution < 1.29 is 5.11 Å². The third kappa shape index (κ3) is 2.17. The van der Waals surface area contributed by atoms with Gasteiger partial charge in [0.1, 0.15) is 0 Å². The molecule has 11 heavy (non-hydrogen) atoms. The van der Waals surface area contributed by atoms with Gasteiger partial charge in [0.25, 0.3) is 0 Å². The van der Waals surface area contributed by atoms with Gasteiger partial charge in [-0.3, -0.25) is 0 Å². The van der Waals surface area contributed by atoms with Gasteiger partial charge in [0.2, 0.25) is 0 Å². The van der Waals surface area contributed by atoms with Crippen LogP contribution in [-0.2, 0) is 5.11 Å². The number of likely N-dealkylation sites (tertiary alicyclic amines) is 1. The van der Waals surface area contributed by atoms with Crippen LogP contribution in [0.15, 0.2) is 0 Å². The molecular weight excluding hydrogens is 138 g/mol. The largest absolute Gasteiger partial charge is 0.303 e. The minimum Gasteiger partial charge on any atom is -0.303 e. The molecular formula is C9H16NO. The molecule has 2 fully saturated rings. The maximum Gasteiger partial charge on any atom is 0.0954 e. The second-order valence-electron chi connectivity index (χ2n) is 3.94. The maximum atomic E-state index is 11.0. The zero-order valence-electron chi connectivity index (χ0n) is 6.96. The first-order valence-corrected chi connectivity index (χ1v) is 4.73. The van der Waals surface area contributed by atoms with Gasteiger partial charge in [0, 0.05) is 19.6 Å². The first kappa shape index (κ1) is 7.56. The Balaban J connectivity index is 1.69. The summed E-state index contributed by atoms with van der Waals surface area (Å²) in [6, 6.07) is 0. The molecule has 1 radical (unpaired) electrons. The van der Waals surface area contributed by atoms with Crippen molar-refractivity contribution in [1.82, 2.24) is 4.90 Å². The van der Waals surface area contributed by atoms with E-state index in [1.54, 1.807) is 0 Å².